The average Bonchev–Trinajstić information content (AvgIpc) is 2.48. The van der Waals surface area contributed by atoms with Gasteiger partial charge in [-0.1, -0.05) is 12.1 Å². The highest BCUT2D eigenvalue weighted by Gasteiger charge is 2.37. The lowest BCUT2D eigenvalue weighted by Gasteiger charge is -2.40. The van der Waals surface area contributed by atoms with Crippen molar-refractivity contribution in [3.63, 3.8) is 0 Å². The summed E-state index contributed by atoms with van der Waals surface area (Å²) in [5, 5.41) is 1.14. The van der Waals surface area contributed by atoms with Gasteiger partial charge in [-0.15, -0.1) is 0 Å². The van der Waals surface area contributed by atoms with Crippen LogP contribution in [0.4, 0.5) is 0 Å². The molecule has 1 aromatic heterocycles. The van der Waals surface area contributed by atoms with Crippen molar-refractivity contribution in [3.8, 4) is 0 Å². The van der Waals surface area contributed by atoms with Crippen molar-refractivity contribution in [3.05, 3.63) is 41.6 Å². The van der Waals surface area contributed by atoms with Crippen LogP contribution in [0.1, 0.15) is 43.5 Å². The lowest BCUT2D eigenvalue weighted by molar-refractivity contribution is -0.0898. The van der Waals surface area contributed by atoms with E-state index >= 15 is 0 Å². The number of hydrogen-bond acceptors (Lipinski definition) is 4. The van der Waals surface area contributed by atoms with Crippen LogP contribution in [0.15, 0.2) is 30.3 Å². The van der Waals surface area contributed by atoms with Gasteiger partial charge >= 0.3 is 0 Å². The lowest BCUT2D eigenvalue weighted by atomic mass is 9.84. The quantitative estimate of drug-likeness (QED) is 0.672. The fourth-order valence-corrected chi connectivity index (χ4v) is 3.23. The molecule has 1 fully saturated rings. The fraction of sp³-hybridized carbons (Fsp3) is 0.471. The van der Waals surface area contributed by atoms with Gasteiger partial charge in [-0.3, -0.25) is 16.3 Å². The van der Waals surface area contributed by atoms with E-state index in [-0.39, 0.29) is 11.6 Å². The molecule has 3 rings (SSSR count). The first-order valence-electron chi connectivity index (χ1n) is 7.60. The Bertz CT molecular complexity index is 635. The summed E-state index contributed by atoms with van der Waals surface area (Å²) < 4.78 is 6.05. The number of rotatable bonds is 3. The molecule has 0 radical (unpaired) electrons. The minimum Gasteiger partial charge on any atom is -0.373 e. The molecule has 0 amide bonds. The molecular weight excluding hydrogens is 262 g/mol. The first-order chi connectivity index (χ1) is 10.1. The Morgan fingerprint density at radius 1 is 1.29 bits per heavy atom. The molecule has 1 aromatic carbocycles. The number of nitrogens with one attached hydrogen (secondary N) is 1. The highest BCUT2D eigenvalue weighted by atomic mass is 16.5. The summed E-state index contributed by atoms with van der Waals surface area (Å²) in [4.78, 5) is 4.55. The molecule has 112 valence electrons. The van der Waals surface area contributed by atoms with Crippen LogP contribution in [0.25, 0.3) is 10.9 Å². The van der Waals surface area contributed by atoms with E-state index in [9.17, 15) is 0 Å². The van der Waals surface area contributed by atoms with Crippen LogP contribution in [0, 0.1) is 6.92 Å². The molecule has 2 atom stereocenters. The summed E-state index contributed by atoms with van der Waals surface area (Å²) in [5.74, 6) is 5.84. The van der Waals surface area contributed by atoms with Crippen molar-refractivity contribution in [2.45, 2.75) is 44.8 Å². The molecule has 2 unspecified atom stereocenters. The maximum atomic E-state index is 6.05. The van der Waals surface area contributed by atoms with Crippen LogP contribution >= 0.6 is 0 Å². The number of fused-ring (bicyclic) bond motifs is 1. The zero-order valence-corrected chi connectivity index (χ0v) is 12.7. The molecule has 4 nitrogen and oxygen atoms in total. The second-order valence-electron chi connectivity index (χ2n) is 6.12. The number of aryl methyl sites for hydroxylation is 1. The monoisotopic (exact) mass is 285 g/mol. The Hall–Kier alpha value is -1.49. The first-order valence-corrected chi connectivity index (χ1v) is 7.60. The van der Waals surface area contributed by atoms with Gasteiger partial charge in [0.25, 0.3) is 0 Å². The molecule has 2 aromatic rings. The Kier molecular flexibility index (Phi) is 3.93. The van der Waals surface area contributed by atoms with Crippen LogP contribution in [0.3, 0.4) is 0 Å². The van der Waals surface area contributed by atoms with Crippen LogP contribution in [-0.2, 0) is 4.74 Å². The number of aromatic nitrogens is 1. The van der Waals surface area contributed by atoms with Gasteiger partial charge in [-0.2, -0.15) is 0 Å². The Labute approximate surface area is 125 Å². The average molecular weight is 285 g/mol. The van der Waals surface area contributed by atoms with Crippen molar-refractivity contribution in [2.75, 3.05) is 6.61 Å². The number of pyridine rings is 1. The number of nitrogens with zero attached hydrogens (tertiary/aromatic N) is 1. The smallest absolute Gasteiger partial charge is 0.0861 e. The summed E-state index contributed by atoms with van der Waals surface area (Å²) >= 11 is 0. The minimum absolute atomic E-state index is 0.0106. The van der Waals surface area contributed by atoms with Crippen molar-refractivity contribution >= 4 is 10.9 Å². The van der Waals surface area contributed by atoms with Crippen LogP contribution in [0.2, 0.25) is 0 Å². The normalized spacial score (nSPS) is 24.1. The molecule has 0 saturated carbocycles. The van der Waals surface area contributed by atoms with Gasteiger partial charge in [-0.25, -0.2) is 0 Å². The minimum atomic E-state index is -0.251. The molecule has 0 bridgehead atoms. The van der Waals surface area contributed by atoms with Gasteiger partial charge in [0, 0.05) is 17.7 Å². The van der Waals surface area contributed by atoms with Gasteiger partial charge in [0.15, 0.2) is 0 Å². The third-order valence-corrected chi connectivity index (χ3v) is 4.46. The summed E-state index contributed by atoms with van der Waals surface area (Å²) in [7, 11) is 0. The van der Waals surface area contributed by atoms with Crippen LogP contribution in [-0.4, -0.2) is 17.2 Å². The van der Waals surface area contributed by atoms with Crippen molar-refractivity contribution in [1.82, 2.24) is 10.4 Å². The highest BCUT2D eigenvalue weighted by molar-refractivity contribution is 5.79. The number of nitrogens with two attached hydrogens (primary N) is 1. The van der Waals surface area contributed by atoms with Gasteiger partial charge in [0.1, 0.15) is 0 Å². The molecule has 1 aliphatic rings. The summed E-state index contributed by atoms with van der Waals surface area (Å²) in [6.45, 7) is 4.96. The molecule has 0 spiro atoms. The molecule has 1 saturated heterocycles. The number of ether oxygens (including phenoxy) is 1. The van der Waals surface area contributed by atoms with Gasteiger partial charge in [-0.05, 0) is 56.9 Å². The maximum absolute atomic E-state index is 6.05. The molecule has 21 heavy (non-hydrogen) atoms. The molecule has 0 aliphatic carbocycles. The highest BCUT2D eigenvalue weighted by Crippen LogP contribution is 2.36. The number of hydrogen-bond donors (Lipinski definition) is 2. The van der Waals surface area contributed by atoms with E-state index in [1.165, 1.54) is 6.42 Å². The van der Waals surface area contributed by atoms with Crippen molar-refractivity contribution in [1.29, 1.82) is 0 Å². The fourth-order valence-electron chi connectivity index (χ4n) is 3.23. The van der Waals surface area contributed by atoms with E-state index in [0.717, 1.165) is 41.6 Å². The Balaban J connectivity index is 1.98. The van der Waals surface area contributed by atoms with Gasteiger partial charge in [0.05, 0.1) is 17.2 Å². The third kappa shape index (κ3) is 2.79. The van der Waals surface area contributed by atoms with Crippen molar-refractivity contribution in [2.24, 2.45) is 5.84 Å². The number of benzene rings is 1. The van der Waals surface area contributed by atoms with Crippen molar-refractivity contribution < 1.29 is 4.74 Å². The topological polar surface area (TPSA) is 60.2 Å². The second kappa shape index (κ2) is 5.72. The van der Waals surface area contributed by atoms with Gasteiger partial charge in [0.2, 0.25) is 0 Å². The van der Waals surface area contributed by atoms with Gasteiger partial charge < -0.3 is 4.74 Å². The Morgan fingerprint density at radius 3 is 2.86 bits per heavy atom. The van der Waals surface area contributed by atoms with E-state index < -0.39 is 0 Å². The second-order valence-corrected chi connectivity index (χ2v) is 6.12. The summed E-state index contributed by atoms with van der Waals surface area (Å²) in [5.41, 5.74) is 5.91. The molecule has 2 heterocycles. The summed E-state index contributed by atoms with van der Waals surface area (Å²) in [6, 6.07) is 10.5. The largest absolute Gasteiger partial charge is 0.373 e. The van der Waals surface area contributed by atoms with E-state index in [1.807, 2.05) is 13.0 Å². The predicted octanol–water partition coefficient (Wildman–Crippen LogP) is 3.01. The molecule has 4 heteroatoms. The SMILES string of the molecule is Cc1ccc2cc(C(NN)C3(C)CCCCO3)ccc2n1. The zero-order chi connectivity index (χ0) is 14.9. The maximum Gasteiger partial charge on any atom is 0.0861 e. The van der Waals surface area contributed by atoms with E-state index in [4.69, 9.17) is 10.6 Å². The third-order valence-electron chi connectivity index (χ3n) is 4.46. The van der Waals surface area contributed by atoms with Crippen LogP contribution in [0.5, 0.6) is 0 Å². The molecule has 3 N–H and O–H groups in total. The van der Waals surface area contributed by atoms with Crippen LogP contribution < -0.4 is 11.3 Å². The summed E-state index contributed by atoms with van der Waals surface area (Å²) in [6.07, 6.45) is 3.34. The Morgan fingerprint density at radius 2 is 2.14 bits per heavy atom. The lowest BCUT2D eigenvalue weighted by Crippen LogP contribution is -2.48. The van der Waals surface area contributed by atoms with E-state index in [1.54, 1.807) is 0 Å². The number of hydrazine groups is 1. The standard InChI is InChI=1S/C17H23N3O/c1-12-5-6-13-11-14(7-8-15(13)19-12)16(20-18)17(2)9-3-4-10-21-17/h5-8,11,16,20H,3-4,9-10,18H2,1-2H3. The van der Waals surface area contributed by atoms with E-state index in [2.05, 4.69) is 41.6 Å². The first kappa shape index (κ1) is 14.4. The zero-order valence-electron chi connectivity index (χ0n) is 12.7. The predicted molar refractivity (Wildman–Crippen MR) is 84.8 cm³/mol. The van der Waals surface area contributed by atoms with E-state index in [0.29, 0.717) is 0 Å². The molecule has 1 aliphatic heterocycles. The molecular formula is C17H23N3O.